The van der Waals surface area contributed by atoms with Crippen LogP contribution in [-0.2, 0) is 9.59 Å². The summed E-state index contributed by atoms with van der Waals surface area (Å²) in [6.45, 7) is 0.996. The van der Waals surface area contributed by atoms with Gasteiger partial charge in [0.15, 0.2) is 0 Å². The number of anilines is 1. The topological polar surface area (TPSA) is 60.9 Å². The van der Waals surface area contributed by atoms with E-state index < -0.39 is 5.97 Å². The number of likely N-dealkylation sites (N-methyl/N-ethyl adjacent to an activating group) is 1. The standard InChI is InChI=1S/C14H17ClN2O3/c1-16(7-6-13(18)19)12-5-8-17(14(12)20)11-4-2-3-10(15)9-11/h2-4,9,12H,5-8H2,1H3,(H,18,19). The minimum absolute atomic E-state index is 0.000144. The monoisotopic (exact) mass is 296 g/mol. The lowest BCUT2D eigenvalue weighted by molar-refractivity contribution is -0.137. The summed E-state index contributed by atoms with van der Waals surface area (Å²) in [5.41, 5.74) is 0.789. The maximum atomic E-state index is 12.4. The van der Waals surface area contributed by atoms with Crippen LogP contribution in [-0.4, -0.2) is 48.1 Å². The van der Waals surface area contributed by atoms with Gasteiger partial charge in [0.25, 0.3) is 0 Å². The summed E-state index contributed by atoms with van der Waals surface area (Å²) in [5, 5.41) is 9.29. The fraction of sp³-hybridized carbons (Fsp3) is 0.429. The molecule has 0 bridgehead atoms. The third kappa shape index (κ3) is 3.29. The highest BCUT2D eigenvalue weighted by molar-refractivity contribution is 6.30. The van der Waals surface area contributed by atoms with E-state index in [1.165, 1.54) is 0 Å². The number of amides is 1. The molecule has 5 nitrogen and oxygen atoms in total. The molecule has 1 aliphatic rings. The Labute approximate surface area is 122 Å². The summed E-state index contributed by atoms with van der Waals surface area (Å²) in [6, 6.07) is 6.94. The zero-order chi connectivity index (χ0) is 14.7. The molecular formula is C14H17ClN2O3. The molecule has 0 saturated carbocycles. The van der Waals surface area contributed by atoms with Gasteiger partial charge in [-0.1, -0.05) is 17.7 Å². The normalized spacial score (nSPS) is 18.9. The van der Waals surface area contributed by atoms with Gasteiger partial charge in [-0.15, -0.1) is 0 Å². The van der Waals surface area contributed by atoms with Crippen LogP contribution in [0.25, 0.3) is 0 Å². The second-order valence-electron chi connectivity index (χ2n) is 4.90. The molecule has 1 aromatic rings. The molecule has 1 fully saturated rings. The summed E-state index contributed by atoms with van der Waals surface area (Å²) in [5.74, 6) is -0.853. The number of halogens is 1. The predicted molar refractivity (Wildman–Crippen MR) is 77.1 cm³/mol. The van der Waals surface area contributed by atoms with Crippen molar-refractivity contribution in [1.82, 2.24) is 4.90 Å². The van der Waals surface area contributed by atoms with Gasteiger partial charge in [-0.3, -0.25) is 14.5 Å². The van der Waals surface area contributed by atoms with Crippen molar-refractivity contribution in [2.24, 2.45) is 0 Å². The van der Waals surface area contributed by atoms with Gasteiger partial charge in [-0.05, 0) is 31.7 Å². The number of hydrogen-bond donors (Lipinski definition) is 1. The fourth-order valence-electron chi connectivity index (χ4n) is 2.40. The molecule has 0 aromatic heterocycles. The van der Waals surface area contributed by atoms with Crippen LogP contribution in [0.4, 0.5) is 5.69 Å². The maximum absolute atomic E-state index is 12.4. The van der Waals surface area contributed by atoms with Gasteiger partial charge in [-0.25, -0.2) is 0 Å². The Morgan fingerprint density at radius 2 is 2.30 bits per heavy atom. The van der Waals surface area contributed by atoms with Crippen LogP contribution >= 0.6 is 11.6 Å². The third-order valence-electron chi connectivity index (χ3n) is 3.51. The van der Waals surface area contributed by atoms with Gasteiger partial charge in [-0.2, -0.15) is 0 Å². The Morgan fingerprint density at radius 1 is 1.55 bits per heavy atom. The molecule has 1 unspecified atom stereocenters. The van der Waals surface area contributed by atoms with Gasteiger partial charge in [0.1, 0.15) is 0 Å². The molecule has 1 amide bonds. The lowest BCUT2D eigenvalue weighted by Crippen LogP contribution is -2.40. The molecular weight excluding hydrogens is 280 g/mol. The van der Waals surface area contributed by atoms with E-state index in [1.807, 2.05) is 12.1 Å². The van der Waals surface area contributed by atoms with Crippen molar-refractivity contribution in [2.45, 2.75) is 18.9 Å². The number of aliphatic carboxylic acids is 1. The molecule has 0 spiro atoms. The number of carboxylic acids is 1. The van der Waals surface area contributed by atoms with E-state index >= 15 is 0 Å². The molecule has 1 aromatic carbocycles. The number of carbonyl (C=O) groups excluding carboxylic acids is 1. The lowest BCUT2D eigenvalue weighted by Gasteiger charge is -2.23. The highest BCUT2D eigenvalue weighted by Gasteiger charge is 2.35. The Hall–Kier alpha value is -1.59. The van der Waals surface area contributed by atoms with Crippen LogP contribution in [0, 0.1) is 0 Å². The molecule has 6 heteroatoms. The van der Waals surface area contributed by atoms with Crippen molar-refractivity contribution in [3.8, 4) is 0 Å². The van der Waals surface area contributed by atoms with Crippen molar-refractivity contribution in [3.63, 3.8) is 0 Å². The average molecular weight is 297 g/mol. The van der Waals surface area contributed by atoms with Gasteiger partial charge in [0, 0.05) is 23.8 Å². The summed E-state index contributed by atoms with van der Waals surface area (Å²) in [7, 11) is 1.78. The Morgan fingerprint density at radius 3 is 2.95 bits per heavy atom. The molecule has 1 saturated heterocycles. The largest absolute Gasteiger partial charge is 0.481 e. The molecule has 0 aliphatic carbocycles. The van der Waals surface area contributed by atoms with E-state index in [-0.39, 0.29) is 18.4 Å². The van der Waals surface area contributed by atoms with Crippen molar-refractivity contribution in [1.29, 1.82) is 0 Å². The first-order chi connectivity index (χ1) is 9.49. The summed E-state index contributed by atoms with van der Waals surface area (Å²) in [6.07, 6.45) is 0.735. The Kier molecular flexibility index (Phi) is 4.62. The molecule has 1 aliphatic heterocycles. The minimum Gasteiger partial charge on any atom is -0.481 e. The van der Waals surface area contributed by atoms with E-state index in [0.717, 1.165) is 5.69 Å². The smallest absolute Gasteiger partial charge is 0.304 e. The summed E-state index contributed by atoms with van der Waals surface area (Å²) in [4.78, 5) is 26.5. The van der Waals surface area contributed by atoms with Crippen LogP contribution in [0.15, 0.2) is 24.3 Å². The predicted octanol–water partition coefficient (Wildman–Crippen LogP) is 1.85. The second kappa shape index (κ2) is 6.24. The summed E-state index contributed by atoms with van der Waals surface area (Å²) >= 11 is 5.94. The Bertz CT molecular complexity index is 521. The zero-order valence-corrected chi connectivity index (χ0v) is 12.0. The first kappa shape index (κ1) is 14.8. The molecule has 20 heavy (non-hydrogen) atoms. The highest BCUT2D eigenvalue weighted by Crippen LogP contribution is 2.26. The number of hydrogen-bond acceptors (Lipinski definition) is 3. The van der Waals surface area contributed by atoms with E-state index in [1.54, 1.807) is 29.0 Å². The Balaban J connectivity index is 2.04. The highest BCUT2D eigenvalue weighted by atomic mass is 35.5. The van der Waals surface area contributed by atoms with Crippen molar-refractivity contribution >= 4 is 29.2 Å². The number of benzene rings is 1. The molecule has 108 valence electrons. The fourth-order valence-corrected chi connectivity index (χ4v) is 2.59. The molecule has 1 atom stereocenters. The van der Waals surface area contributed by atoms with E-state index in [4.69, 9.17) is 16.7 Å². The lowest BCUT2D eigenvalue weighted by atomic mass is 10.2. The van der Waals surface area contributed by atoms with Gasteiger partial charge < -0.3 is 10.0 Å². The average Bonchev–Trinajstić information content (AvgIpc) is 2.78. The van der Waals surface area contributed by atoms with Crippen molar-refractivity contribution < 1.29 is 14.7 Å². The number of carbonyl (C=O) groups is 2. The molecule has 0 radical (unpaired) electrons. The minimum atomic E-state index is -0.853. The van der Waals surface area contributed by atoms with E-state index in [9.17, 15) is 9.59 Å². The third-order valence-corrected chi connectivity index (χ3v) is 3.74. The molecule has 1 N–H and O–H groups in total. The number of rotatable bonds is 5. The second-order valence-corrected chi connectivity index (χ2v) is 5.34. The van der Waals surface area contributed by atoms with Crippen molar-refractivity contribution in [2.75, 3.05) is 25.0 Å². The van der Waals surface area contributed by atoms with Crippen LogP contribution in [0.2, 0.25) is 5.02 Å². The van der Waals surface area contributed by atoms with E-state index in [0.29, 0.717) is 24.5 Å². The zero-order valence-electron chi connectivity index (χ0n) is 11.3. The van der Waals surface area contributed by atoms with Gasteiger partial charge in [0.05, 0.1) is 12.5 Å². The molecule has 2 rings (SSSR count). The van der Waals surface area contributed by atoms with Crippen molar-refractivity contribution in [3.05, 3.63) is 29.3 Å². The number of carboxylic acid groups (broad SMARTS) is 1. The number of nitrogens with zero attached hydrogens (tertiary/aromatic N) is 2. The van der Waals surface area contributed by atoms with Gasteiger partial charge >= 0.3 is 5.97 Å². The van der Waals surface area contributed by atoms with Crippen LogP contribution in [0.5, 0.6) is 0 Å². The van der Waals surface area contributed by atoms with Crippen LogP contribution in [0.1, 0.15) is 12.8 Å². The maximum Gasteiger partial charge on any atom is 0.304 e. The first-order valence-electron chi connectivity index (χ1n) is 6.48. The summed E-state index contributed by atoms with van der Waals surface area (Å²) < 4.78 is 0. The van der Waals surface area contributed by atoms with Crippen LogP contribution < -0.4 is 4.90 Å². The van der Waals surface area contributed by atoms with Gasteiger partial charge in [0.2, 0.25) is 5.91 Å². The van der Waals surface area contributed by atoms with Crippen LogP contribution in [0.3, 0.4) is 0 Å². The molecule has 1 heterocycles. The first-order valence-corrected chi connectivity index (χ1v) is 6.86. The quantitative estimate of drug-likeness (QED) is 0.901. The van der Waals surface area contributed by atoms with E-state index in [2.05, 4.69) is 0 Å². The SMILES string of the molecule is CN(CCC(=O)O)C1CCN(c2cccc(Cl)c2)C1=O.